The number of carbonyl (C=O) groups excluding carboxylic acids is 1. The summed E-state index contributed by atoms with van der Waals surface area (Å²) in [7, 11) is 0. The van der Waals surface area contributed by atoms with Crippen molar-refractivity contribution in [3.8, 4) is 0 Å². The quantitative estimate of drug-likeness (QED) is 0.903. The average molecular weight is 348 g/mol. The first-order valence-electron chi connectivity index (χ1n) is 7.15. The number of benzene rings is 1. The van der Waals surface area contributed by atoms with Gasteiger partial charge in [0.05, 0.1) is 12.0 Å². The predicted molar refractivity (Wildman–Crippen MR) is 84.9 cm³/mol. The monoisotopic (exact) mass is 347 g/mol. The normalized spacial score (nSPS) is 17.2. The number of rotatable bonds is 5. The molecule has 110 valence electrons. The highest BCUT2D eigenvalue weighted by atomic mass is 79.9. The van der Waals surface area contributed by atoms with Crippen molar-refractivity contribution in [3.05, 3.63) is 52.8 Å². The summed E-state index contributed by atoms with van der Waals surface area (Å²) in [5.74, 6) is 0.129. The Morgan fingerprint density at radius 3 is 2.71 bits per heavy atom. The molecule has 1 saturated carbocycles. The summed E-state index contributed by atoms with van der Waals surface area (Å²) >= 11 is 3.43. The van der Waals surface area contributed by atoms with Crippen LogP contribution in [-0.4, -0.2) is 21.7 Å². The van der Waals surface area contributed by atoms with Crippen molar-refractivity contribution in [1.82, 2.24) is 15.1 Å². The van der Waals surface area contributed by atoms with E-state index in [1.807, 2.05) is 48.1 Å². The third kappa shape index (κ3) is 3.02. The molecule has 1 aliphatic rings. The van der Waals surface area contributed by atoms with Crippen LogP contribution in [0.5, 0.6) is 0 Å². The zero-order valence-corrected chi connectivity index (χ0v) is 13.5. The maximum absolute atomic E-state index is 12.6. The molecule has 0 spiro atoms. The van der Waals surface area contributed by atoms with Crippen LogP contribution in [-0.2, 0) is 16.8 Å². The molecule has 1 N–H and O–H groups in total. The summed E-state index contributed by atoms with van der Waals surface area (Å²) in [5, 5.41) is 7.29. The van der Waals surface area contributed by atoms with E-state index in [1.54, 1.807) is 6.20 Å². The van der Waals surface area contributed by atoms with Crippen molar-refractivity contribution < 1.29 is 4.79 Å². The smallest absolute Gasteiger partial charge is 0.230 e. The second kappa shape index (κ2) is 5.64. The van der Waals surface area contributed by atoms with Crippen LogP contribution in [0.1, 0.15) is 25.3 Å². The number of hydrogen-bond donors (Lipinski definition) is 1. The fraction of sp³-hybridized carbons (Fsp3) is 0.375. The highest BCUT2D eigenvalue weighted by Crippen LogP contribution is 2.48. The van der Waals surface area contributed by atoms with E-state index in [-0.39, 0.29) is 17.4 Å². The first-order valence-corrected chi connectivity index (χ1v) is 7.94. The molecule has 5 heteroatoms. The number of carbonyl (C=O) groups is 1. The van der Waals surface area contributed by atoms with Gasteiger partial charge in [-0.25, -0.2) is 0 Å². The molecule has 4 nitrogen and oxygen atoms in total. The fourth-order valence-electron chi connectivity index (χ4n) is 2.64. The topological polar surface area (TPSA) is 46.9 Å². The number of nitrogens with one attached hydrogen (secondary N) is 1. The lowest BCUT2D eigenvalue weighted by Gasteiger charge is -2.20. The van der Waals surface area contributed by atoms with Crippen LogP contribution in [0.25, 0.3) is 0 Å². The maximum atomic E-state index is 12.6. The van der Waals surface area contributed by atoms with Gasteiger partial charge in [0.2, 0.25) is 5.91 Å². The molecular weight excluding hydrogens is 330 g/mol. The molecule has 1 atom stereocenters. The van der Waals surface area contributed by atoms with Crippen molar-refractivity contribution in [3.63, 3.8) is 0 Å². The number of amides is 1. The molecule has 1 heterocycles. The van der Waals surface area contributed by atoms with Crippen LogP contribution in [0.3, 0.4) is 0 Å². The standard InChI is InChI=1S/C16H18BrN3O/c1-12(11-20-10-2-9-18-20)19-15(21)16(7-8-16)13-3-5-14(17)6-4-13/h2-6,9-10,12H,7-8,11H2,1H3,(H,19,21)/t12-/m1/s1. The van der Waals surface area contributed by atoms with Gasteiger partial charge in [0.1, 0.15) is 0 Å². The van der Waals surface area contributed by atoms with E-state index < -0.39 is 0 Å². The Morgan fingerprint density at radius 1 is 1.43 bits per heavy atom. The molecule has 1 aromatic carbocycles. The summed E-state index contributed by atoms with van der Waals surface area (Å²) in [6.45, 7) is 2.70. The van der Waals surface area contributed by atoms with Gasteiger partial charge in [0.25, 0.3) is 0 Å². The van der Waals surface area contributed by atoms with Crippen LogP contribution in [0.2, 0.25) is 0 Å². The summed E-state index contributed by atoms with van der Waals surface area (Å²) in [4.78, 5) is 12.6. The average Bonchev–Trinajstić information content (AvgIpc) is 3.12. The lowest BCUT2D eigenvalue weighted by atomic mass is 9.95. The fourth-order valence-corrected chi connectivity index (χ4v) is 2.90. The summed E-state index contributed by atoms with van der Waals surface area (Å²) in [6.07, 6.45) is 5.51. The Bertz CT molecular complexity index is 617. The first-order chi connectivity index (χ1) is 10.1. The second-order valence-electron chi connectivity index (χ2n) is 5.69. The predicted octanol–water partition coefficient (Wildman–Crippen LogP) is 2.88. The van der Waals surface area contributed by atoms with Gasteiger partial charge in [-0.05, 0) is 43.5 Å². The van der Waals surface area contributed by atoms with Crippen molar-refractivity contribution in [1.29, 1.82) is 0 Å². The second-order valence-corrected chi connectivity index (χ2v) is 6.61. The van der Waals surface area contributed by atoms with Gasteiger partial charge < -0.3 is 5.32 Å². The van der Waals surface area contributed by atoms with Crippen molar-refractivity contribution in [2.24, 2.45) is 0 Å². The number of halogens is 1. The van der Waals surface area contributed by atoms with Crippen LogP contribution < -0.4 is 5.32 Å². The molecule has 1 fully saturated rings. The number of hydrogen-bond acceptors (Lipinski definition) is 2. The van der Waals surface area contributed by atoms with Crippen LogP contribution in [0.15, 0.2) is 47.2 Å². The minimum atomic E-state index is -0.320. The van der Waals surface area contributed by atoms with Gasteiger partial charge in [-0.1, -0.05) is 28.1 Å². The molecule has 1 aliphatic carbocycles. The van der Waals surface area contributed by atoms with Gasteiger partial charge in [-0.15, -0.1) is 0 Å². The highest BCUT2D eigenvalue weighted by molar-refractivity contribution is 9.10. The molecule has 1 amide bonds. The Morgan fingerprint density at radius 2 is 2.14 bits per heavy atom. The molecule has 0 radical (unpaired) electrons. The Kier molecular flexibility index (Phi) is 3.85. The van der Waals surface area contributed by atoms with Crippen LogP contribution in [0, 0.1) is 0 Å². The van der Waals surface area contributed by atoms with E-state index in [4.69, 9.17) is 0 Å². The van der Waals surface area contributed by atoms with E-state index in [1.165, 1.54) is 0 Å². The van der Waals surface area contributed by atoms with Crippen LogP contribution in [0.4, 0.5) is 0 Å². The number of aromatic nitrogens is 2. The van der Waals surface area contributed by atoms with E-state index >= 15 is 0 Å². The Balaban J connectivity index is 1.66. The van der Waals surface area contributed by atoms with E-state index in [0.717, 1.165) is 22.9 Å². The molecule has 21 heavy (non-hydrogen) atoms. The zero-order valence-electron chi connectivity index (χ0n) is 11.9. The van der Waals surface area contributed by atoms with Crippen molar-refractivity contribution in [2.45, 2.75) is 37.8 Å². The Hall–Kier alpha value is -1.62. The highest BCUT2D eigenvalue weighted by Gasteiger charge is 2.51. The lowest BCUT2D eigenvalue weighted by Crippen LogP contribution is -2.42. The molecule has 2 aromatic rings. The molecule has 1 aromatic heterocycles. The molecule has 0 aliphatic heterocycles. The number of nitrogens with zero attached hydrogens (tertiary/aromatic N) is 2. The first kappa shape index (κ1) is 14.3. The maximum Gasteiger partial charge on any atom is 0.230 e. The largest absolute Gasteiger partial charge is 0.351 e. The van der Waals surface area contributed by atoms with E-state index in [2.05, 4.69) is 26.3 Å². The lowest BCUT2D eigenvalue weighted by molar-refractivity contribution is -0.124. The molecular formula is C16H18BrN3O. The third-order valence-electron chi connectivity index (χ3n) is 3.98. The van der Waals surface area contributed by atoms with Crippen LogP contribution >= 0.6 is 15.9 Å². The van der Waals surface area contributed by atoms with Crippen molar-refractivity contribution >= 4 is 21.8 Å². The Labute approximate surface area is 132 Å². The molecule has 0 unspecified atom stereocenters. The summed E-state index contributed by atoms with van der Waals surface area (Å²) < 4.78 is 2.87. The van der Waals surface area contributed by atoms with Crippen molar-refractivity contribution in [2.75, 3.05) is 0 Å². The van der Waals surface area contributed by atoms with Gasteiger partial charge in [0, 0.05) is 22.9 Å². The summed E-state index contributed by atoms with van der Waals surface area (Å²) in [5.41, 5.74) is 0.786. The van der Waals surface area contributed by atoms with Gasteiger partial charge in [-0.2, -0.15) is 5.10 Å². The SMILES string of the molecule is C[C@H](Cn1cccn1)NC(=O)C1(c2ccc(Br)cc2)CC1. The van der Waals surface area contributed by atoms with E-state index in [9.17, 15) is 4.79 Å². The third-order valence-corrected chi connectivity index (χ3v) is 4.51. The molecule has 3 rings (SSSR count). The zero-order chi connectivity index (χ0) is 14.9. The minimum Gasteiger partial charge on any atom is -0.351 e. The molecule has 0 saturated heterocycles. The van der Waals surface area contributed by atoms with Gasteiger partial charge in [0.15, 0.2) is 0 Å². The molecule has 0 bridgehead atoms. The van der Waals surface area contributed by atoms with Gasteiger partial charge in [-0.3, -0.25) is 9.48 Å². The van der Waals surface area contributed by atoms with Gasteiger partial charge >= 0.3 is 0 Å². The minimum absolute atomic E-state index is 0.0605. The van der Waals surface area contributed by atoms with E-state index in [0.29, 0.717) is 6.54 Å². The summed E-state index contributed by atoms with van der Waals surface area (Å²) in [6, 6.07) is 10.0.